The first-order valence-corrected chi connectivity index (χ1v) is 7.32. The molecule has 4 nitrogen and oxygen atoms in total. The summed E-state index contributed by atoms with van der Waals surface area (Å²) in [4.78, 5) is 16.4. The van der Waals surface area contributed by atoms with E-state index in [4.69, 9.17) is 11.6 Å². The van der Waals surface area contributed by atoms with E-state index in [-0.39, 0.29) is 5.91 Å². The molecule has 1 amide bonds. The van der Waals surface area contributed by atoms with Gasteiger partial charge < -0.3 is 15.1 Å². The summed E-state index contributed by atoms with van der Waals surface area (Å²) in [7, 11) is 7.73. The number of hydrogen-bond donors (Lipinski definition) is 1. The molecular formula is C17H20ClN3O. The summed E-state index contributed by atoms with van der Waals surface area (Å²) >= 11 is 6.04. The second-order valence-corrected chi connectivity index (χ2v) is 5.89. The summed E-state index contributed by atoms with van der Waals surface area (Å²) in [5, 5.41) is 3.52. The van der Waals surface area contributed by atoms with Crippen LogP contribution < -0.4 is 15.1 Å². The number of hydrogen-bond acceptors (Lipinski definition) is 3. The molecule has 0 aromatic heterocycles. The molecule has 0 bridgehead atoms. The monoisotopic (exact) mass is 317 g/mol. The van der Waals surface area contributed by atoms with Crippen LogP contribution >= 0.6 is 11.6 Å². The van der Waals surface area contributed by atoms with Crippen LogP contribution in [0.1, 0.15) is 10.4 Å². The summed E-state index contributed by atoms with van der Waals surface area (Å²) in [5.74, 6) is -0.158. The quantitative estimate of drug-likeness (QED) is 0.933. The fraction of sp³-hybridized carbons (Fsp3) is 0.235. The van der Waals surface area contributed by atoms with Gasteiger partial charge in [-0.05, 0) is 36.4 Å². The minimum atomic E-state index is -0.158. The molecule has 0 spiro atoms. The lowest BCUT2D eigenvalue weighted by Gasteiger charge is -2.18. The number of rotatable bonds is 4. The molecule has 0 atom stereocenters. The highest BCUT2D eigenvalue weighted by Crippen LogP contribution is 2.28. The topological polar surface area (TPSA) is 35.6 Å². The Kier molecular flexibility index (Phi) is 4.93. The van der Waals surface area contributed by atoms with Gasteiger partial charge in [-0.15, -0.1) is 0 Å². The van der Waals surface area contributed by atoms with Crippen molar-refractivity contribution >= 4 is 34.6 Å². The smallest absolute Gasteiger partial charge is 0.255 e. The van der Waals surface area contributed by atoms with E-state index in [0.29, 0.717) is 16.3 Å². The summed E-state index contributed by atoms with van der Waals surface area (Å²) < 4.78 is 0. The van der Waals surface area contributed by atoms with Crippen LogP contribution in [0.4, 0.5) is 17.1 Å². The van der Waals surface area contributed by atoms with E-state index in [1.54, 1.807) is 18.2 Å². The van der Waals surface area contributed by atoms with Crippen LogP contribution in [0.2, 0.25) is 5.02 Å². The Labute approximate surface area is 136 Å². The lowest BCUT2D eigenvalue weighted by molar-refractivity contribution is 0.102. The van der Waals surface area contributed by atoms with Crippen LogP contribution in [0.3, 0.4) is 0 Å². The van der Waals surface area contributed by atoms with Crippen molar-refractivity contribution in [3.63, 3.8) is 0 Å². The Hall–Kier alpha value is -2.20. The highest BCUT2D eigenvalue weighted by molar-refractivity contribution is 6.31. The number of carbonyl (C=O) groups is 1. The van der Waals surface area contributed by atoms with Gasteiger partial charge in [0.1, 0.15) is 0 Å². The maximum absolute atomic E-state index is 12.5. The number of carbonyl (C=O) groups excluding carboxylic acids is 1. The van der Waals surface area contributed by atoms with Gasteiger partial charge >= 0.3 is 0 Å². The molecule has 116 valence electrons. The van der Waals surface area contributed by atoms with Gasteiger partial charge in [0, 0.05) is 44.5 Å². The van der Waals surface area contributed by atoms with Crippen molar-refractivity contribution in [2.75, 3.05) is 43.3 Å². The SMILES string of the molecule is CN(C)c1cccc(C(=O)Nc2cc(Cl)ccc2N(C)C)c1. The molecule has 1 N–H and O–H groups in total. The van der Waals surface area contributed by atoms with Crippen molar-refractivity contribution in [1.29, 1.82) is 0 Å². The Morgan fingerprint density at radius 3 is 2.36 bits per heavy atom. The third-order valence-corrected chi connectivity index (χ3v) is 3.55. The molecule has 2 aromatic carbocycles. The summed E-state index contributed by atoms with van der Waals surface area (Å²) in [6.45, 7) is 0. The van der Waals surface area contributed by atoms with Crippen LogP contribution in [0.25, 0.3) is 0 Å². The van der Waals surface area contributed by atoms with Crippen molar-refractivity contribution in [2.45, 2.75) is 0 Å². The predicted molar refractivity (Wildman–Crippen MR) is 94.5 cm³/mol. The van der Waals surface area contributed by atoms with Gasteiger partial charge in [-0.2, -0.15) is 0 Å². The first-order chi connectivity index (χ1) is 10.4. The normalized spacial score (nSPS) is 10.2. The Balaban J connectivity index is 2.29. The van der Waals surface area contributed by atoms with Crippen LogP contribution in [-0.2, 0) is 0 Å². The second-order valence-electron chi connectivity index (χ2n) is 5.45. The van der Waals surface area contributed by atoms with E-state index >= 15 is 0 Å². The van der Waals surface area contributed by atoms with Gasteiger partial charge in [0.15, 0.2) is 0 Å². The lowest BCUT2D eigenvalue weighted by Crippen LogP contribution is -2.17. The van der Waals surface area contributed by atoms with E-state index < -0.39 is 0 Å². The Morgan fingerprint density at radius 2 is 1.73 bits per heavy atom. The molecule has 0 fully saturated rings. The summed E-state index contributed by atoms with van der Waals surface area (Å²) in [6.07, 6.45) is 0. The van der Waals surface area contributed by atoms with Crippen molar-refractivity contribution in [1.82, 2.24) is 0 Å². The fourth-order valence-corrected chi connectivity index (χ4v) is 2.29. The molecule has 0 aliphatic carbocycles. The Morgan fingerprint density at radius 1 is 1.00 bits per heavy atom. The highest BCUT2D eigenvalue weighted by Gasteiger charge is 2.12. The van der Waals surface area contributed by atoms with Crippen LogP contribution in [0.5, 0.6) is 0 Å². The number of nitrogens with zero attached hydrogens (tertiary/aromatic N) is 2. The van der Waals surface area contributed by atoms with Gasteiger partial charge in [-0.1, -0.05) is 17.7 Å². The molecule has 22 heavy (non-hydrogen) atoms. The zero-order chi connectivity index (χ0) is 16.3. The van der Waals surface area contributed by atoms with E-state index in [1.165, 1.54) is 0 Å². The first kappa shape index (κ1) is 16.2. The van der Waals surface area contributed by atoms with Crippen LogP contribution in [-0.4, -0.2) is 34.1 Å². The Bertz CT molecular complexity index is 683. The molecule has 0 saturated carbocycles. The van der Waals surface area contributed by atoms with E-state index in [9.17, 15) is 4.79 Å². The zero-order valence-electron chi connectivity index (χ0n) is 13.2. The lowest BCUT2D eigenvalue weighted by atomic mass is 10.1. The fourth-order valence-electron chi connectivity index (χ4n) is 2.12. The largest absolute Gasteiger partial charge is 0.378 e. The van der Waals surface area contributed by atoms with Crippen LogP contribution in [0, 0.1) is 0 Å². The molecule has 0 saturated heterocycles. The van der Waals surface area contributed by atoms with Crippen molar-refractivity contribution in [3.05, 3.63) is 53.1 Å². The van der Waals surface area contributed by atoms with Gasteiger partial charge in [-0.25, -0.2) is 0 Å². The molecule has 5 heteroatoms. The third-order valence-electron chi connectivity index (χ3n) is 3.31. The van der Waals surface area contributed by atoms with Gasteiger partial charge in [0.25, 0.3) is 5.91 Å². The van der Waals surface area contributed by atoms with Gasteiger partial charge in [0.05, 0.1) is 11.4 Å². The number of amides is 1. The summed E-state index contributed by atoms with van der Waals surface area (Å²) in [6, 6.07) is 12.9. The zero-order valence-corrected chi connectivity index (χ0v) is 14.0. The van der Waals surface area contributed by atoms with E-state index in [0.717, 1.165) is 11.4 Å². The van der Waals surface area contributed by atoms with Gasteiger partial charge in [-0.3, -0.25) is 4.79 Å². The molecular weight excluding hydrogens is 298 g/mol. The molecule has 0 heterocycles. The minimum absolute atomic E-state index is 0.158. The average Bonchev–Trinajstić information content (AvgIpc) is 2.47. The van der Waals surface area contributed by atoms with E-state index in [1.807, 2.05) is 62.3 Å². The molecule has 0 aliphatic heterocycles. The third kappa shape index (κ3) is 3.71. The predicted octanol–water partition coefficient (Wildman–Crippen LogP) is 3.72. The molecule has 2 aromatic rings. The highest BCUT2D eigenvalue weighted by atomic mass is 35.5. The number of nitrogens with one attached hydrogen (secondary N) is 1. The molecule has 0 unspecified atom stereocenters. The van der Waals surface area contributed by atoms with Crippen LogP contribution in [0.15, 0.2) is 42.5 Å². The maximum Gasteiger partial charge on any atom is 0.255 e. The van der Waals surface area contributed by atoms with Gasteiger partial charge in [0.2, 0.25) is 0 Å². The number of anilines is 3. The number of halogens is 1. The average molecular weight is 318 g/mol. The van der Waals surface area contributed by atoms with E-state index in [2.05, 4.69) is 5.32 Å². The number of benzene rings is 2. The molecule has 0 radical (unpaired) electrons. The van der Waals surface area contributed by atoms with Crippen molar-refractivity contribution in [3.8, 4) is 0 Å². The van der Waals surface area contributed by atoms with Crippen molar-refractivity contribution in [2.24, 2.45) is 0 Å². The maximum atomic E-state index is 12.5. The van der Waals surface area contributed by atoms with Crippen molar-refractivity contribution < 1.29 is 4.79 Å². The minimum Gasteiger partial charge on any atom is -0.378 e. The summed E-state index contributed by atoms with van der Waals surface area (Å²) in [5.41, 5.74) is 3.18. The second kappa shape index (κ2) is 6.71. The first-order valence-electron chi connectivity index (χ1n) is 6.94. The molecule has 0 aliphatic rings. The standard InChI is InChI=1S/C17H20ClN3O/c1-20(2)14-7-5-6-12(10-14)17(22)19-15-11-13(18)8-9-16(15)21(3)4/h5-11H,1-4H3,(H,19,22). The molecule has 2 rings (SSSR count).